The number of aromatic carboxylic acids is 1. The van der Waals surface area contributed by atoms with Gasteiger partial charge in [0.05, 0.1) is 10.6 Å². The van der Waals surface area contributed by atoms with E-state index >= 15 is 0 Å². The smallest absolute Gasteiger partial charge is 0.358 e. The first-order valence-corrected chi connectivity index (χ1v) is 10.6. The zero-order chi connectivity index (χ0) is 23.6. The molecular weight excluding hydrogens is 444 g/mol. The van der Waals surface area contributed by atoms with Crippen LogP contribution >= 0.6 is 11.3 Å². The third-order valence-corrected chi connectivity index (χ3v) is 5.96. The molecule has 0 bridgehead atoms. The van der Waals surface area contributed by atoms with E-state index in [4.69, 9.17) is 5.73 Å². The van der Waals surface area contributed by atoms with Crippen molar-refractivity contribution in [3.05, 3.63) is 99.3 Å². The van der Waals surface area contributed by atoms with E-state index in [2.05, 4.69) is 15.3 Å². The Kier molecular flexibility index (Phi) is 5.78. The van der Waals surface area contributed by atoms with Gasteiger partial charge in [0.1, 0.15) is 5.54 Å². The fourth-order valence-corrected chi connectivity index (χ4v) is 4.16. The number of hydrogen-bond acceptors (Lipinski definition) is 7. The number of benzene rings is 2. The number of aromatic nitrogens is 2. The van der Waals surface area contributed by atoms with E-state index in [-0.39, 0.29) is 11.5 Å². The van der Waals surface area contributed by atoms with Crippen molar-refractivity contribution in [2.45, 2.75) is 5.54 Å². The SMILES string of the molecule is NC(C(=O)Nc1ccsc1-c1nc(C(=O)O)c(O)c(=O)[nH]1)(c1ccccc1)c1ccccc1. The Hall–Kier alpha value is -4.28. The lowest BCUT2D eigenvalue weighted by atomic mass is 9.83. The monoisotopic (exact) mass is 462 g/mol. The quantitative estimate of drug-likeness (QED) is 0.295. The van der Waals surface area contributed by atoms with Gasteiger partial charge in [-0.1, -0.05) is 60.7 Å². The fourth-order valence-electron chi connectivity index (χ4n) is 3.37. The average Bonchev–Trinajstić information content (AvgIpc) is 3.29. The number of carboxylic acid groups (broad SMARTS) is 1. The molecule has 0 aliphatic carbocycles. The number of nitrogens with two attached hydrogens (primary N) is 1. The van der Waals surface area contributed by atoms with Crippen LogP contribution in [0.3, 0.4) is 0 Å². The molecule has 1 amide bonds. The number of nitrogens with zero attached hydrogens (tertiary/aromatic N) is 1. The normalized spacial score (nSPS) is 11.2. The summed E-state index contributed by atoms with van der Waals surface area (Å²) in [4.78, 5) is 43.4. The van der Waals surface area contributed by atoms with Gasteiger partial charge in [-0.3, -0.25) is 9.59 Å². The van der Waals surface area contributed by atoms with E-state index in [1.54, 1.807) is 60.0 Å². The van der Waals surface area contributed by atoms with Gasteiger partial charge in [0.25, 0.3) is 11.5 Å². The molecule has 0 radical (unpaired) electrons. The molecule has 166 valence electrons. The van der Waals surface area contributed by atoms with Gasteiger partial charge in [-0.15, -0.1) is 11.3 Å². The first-order valence-electron chi connectivity index (χ1n) is 9.68. The van der Waals surface area contributed by atoms with Gasteiger partial charge in [0.2, 0.25) is 5.75 Å². The third kappa shape index (κ3) is 4.00. The molecule has 0 saturated heterocycles. The molecule has 0 atom stereocenters. The minimum atomic E-state index is -1.56. The molecule has 0 spiro atoms. The van der Waals surface area contributed by atoms with E-state index in [1.165, 1.54) is 0 Å². The molecule has 33 heavy (non-hydrogen) atoms. The molecule has 9 nitrogen and oxygen atoms in total. The van der Waals surface area contributed by atoms with Gasteiger partial charge in [0, 0.05) is 0 Å². The number of anilines is 1. The number of carbonyl (C=O) groups is 2. The van der Waals surface area contributed by atoms with Crippen molar-refractivity contribution in [2.24, 2.45) is 5.73 Å². The van der Waals surface area contributed by atoms with Crippen molar-refractivity contribution in [3.63, 3.8) is 0 Å². The van der Waals surface area contributed by atoms with Crippen LogP contribution in [0, 0.1) is 0 Å². The summed E-state index contributed by atoms with van der Waals surface area (Å²) in [5, 5.41) is 23.3. The molecular formula is C23H18N4O5S. The number of aromatic hydroxyl groups is 1. The second-order valence-corrected chi connectivity index (χ2v) is 7.99. The van der Waals surface area contributed by atoms with E-state index < -0.39 is 34.4 Å². The standard InChI is InChI=1S/C23H18N4O5S/c24-23(13-7-3-1-4-8-13,14-9-5-2-6-10-14)22(32)25-15-11-12-33-18(15)19-26-16(21(30)31)17(28)20(29)27-19/h1-12,28H,24H2,(H,25,32)(H,30,31)(H,26,27,29). The van der Waals surface area contributed by atoms with Crippen molar-refractivity contribution in [1.82, 2.24) is 9.97 Å². The lowest BCUT2D eigenvalue weighted by Crippen LogP contribution is -2.49. The summed E-state index contributed by atoms with van der Waals surface area (Å²) in [5.74, 6) is -3.21. The lowest BCUT2D eigenvalue weighted by Gasteiger charge is -2.29. The van der Waals surface area contributed by atoms with Gasteiger partial charge < -0.3 is 26.2 Å². The Bertz CT molecular complexity index is 1340. The highest BCUT2D eigenvalue weighted by atomic mass is 32.1. The second-order valence-electron chi connectivity index (χ2n) is 7.07. The van der Waals surface area contributed by atoms with E-state index in [1.807, 2.05) is 12.1 Å². The number of thiophene rings is 1. The molecule has 0 aliphatic rings. The molecule has 0 unspecified atom stereocenters. The van der Waals surface area contributed by atoms with E-state index in [9.17, 15) is 24.6 Å². The van der Waals surface area contributed by atoms with Crippen molar-refractivity contribution in [1.29, 1.82) is 0 Å². The summed E-state index contributed by atoms with van der Waals surface area (Å²) in [6.45, 7) is 0. The number of rotatable bonds is 6. The predicted octanol–water partition coefficient (Wildman–Crippen LogP) is 2.74. The van der Waals surface area contributed by atoms with Gasteiger partial charge in [0.15, 0.2) is 11.5 Å². The molecule has 2 aromatic carbocycles. The topological polar surface area (TPSA) is 158 Å². The summed E-state index contributed by atoms with van der Waals surface area (Å²) < 4.78 is 0. The Labute approximate surface area is 191 Å². The Morgan fingerprint density at radius 2 is 1.58 bits per heavy atom. The van der Waals surface area contributed by atoms with Crippen LogP contribution in [0.25, 0.3) is 10.7 Å². The van der Waals surface area contributed by atoms with E-state index in [0.717, 1.165) is 11.3 Å². The Balaban J connectivity index is 1.77. The molecule has 0 fully saturated rings. The van der Waals surface area contributed by atoms with Crippen LogP contribution in [0.5, 0.6) is 5.75 Å². The molecule has 2 aromatic heterocycles. The van der Waals surface area contributed by atoms with Crippen molar-refractivity contribution in [2.75, 3.05) is 5.32 Å². The number of aromatic amines is 1. The van der Waals surface area contributed by atoms with Gasteiger partial charge in [-0.2, -0.15) is 0 Å². The van der Waals surface area contributed by atoms with Gasteiger partial charge in [-0.25, -0.2) is 9.78 Å². The molecule has 10 heteroatoms. The zero-order valence-corrected chi connectivity index (χ0v) is 17.8. The molecule has 0 aliphatic heterocycles. The maximum atomic E-state index is 13.6. The lowest BCUT2D eigenvalue weighted by molar-refractivity contribution is -0.120. The summed E-state index contributed by atoms with van der Waals surface area (Å²) in [5.41, 5.74) is 4.77. The summed E-state index contributed by atoms with van der Waals surface area (Å²) in [7, 11) is 0. The van der Waals surface area contributed by atoms with Crippen LogP contribution in [0.4, 0.5) is 5.69 Å². The Morgan fingerprint density at radius 1 is 1.00 bits per heavy atom. The number of nitrogens with one attached hydrogen (secondary N) is 2. The first-order chi connectivity index (χ1) is 15.8. The highest BCUT2D eigenvalue weighted by molar-refractivity contribution is 7.14. The van der Waals surface area contributed by atoms with Crippen LogP contribution in [0.15, 0.2) is 76.9 Å². The van der Waals surface area contributed by atoms with Crippen molar-refractivity contribution in [3.8, 4) is 16.5 Å². The second kappa shape index (κ2) is 8.69. The first kappa shape index (κ1) is 21.9. The van der Waals surface area contributed by atoms with Crippen molar-refractivity contribution >= 4 is 28.9 Å². The van der Waals surface area contributed by atoms with Crippen LogP contribution < -0.4 is 16.6 Å². The number of carboxylic acids is 1. The number of amides is 1. The predicted molar refractivity (Wildman–Crippen MR) is 123 cm³/mol. The minimum Gasteiger partial charge on any atom is -0.501 e. The highest BCUT2D eigenvalue weighted by Gasteiger charge is 2.38. The number of hydrogen-bond donors (Lipinski definition) is 5. The summed E-state index contributed by atoms with van der Waals surface area (Å²) in [6.07, 6.45) is 0. The summed E-state index contributed by atoms with van der Waals surface area (Å²) >= 11 is 1.12. The third-order valence-electron chi connectivity index (χ3n) is 5.04. The molecule has 4 aromatic rings. The minimum absolute atomic E-state index is 0.109. The number of carbonyl (C=O) groups excluding carboxylic acids is 1. The van der Waals surface area contributed by atoms with E-state index in [0.29, 0.717) is 16.0 Å². The summed E-state index contributed by atoms with van der Waals surface area (Å²) in [6, 6.07) is 19.3. The van der Waals surface area contributed by atoms with Crippen LogP contribution in [-0.4, -0.2) is 32.1 Å². The van der Waals surface area contributed by atoms with Crippen LogP contribution in [0.1, 0.15) is 21.6 Å². The molecule has 6 N–H and O–H groups in total. The molecule has 4 rings (SSSR count). The average molecular weight is 462 g/mol. The highest BCUT2D eigenvalue weighted by Crippen LogP contribution is 2.34. The van der Waals surface area contributed by atoms with Gasteiger partial charge >= 0.3 is 5.97 Å². The molecule has 0 saturated carbocycles. The fraction of sp³-hybridized carbons (Fsp3) is 0.0435. The largest absolute Gasteiger partial charge is 0.501 e. The van der Waals surface area contributed by atoms with Crippen molar-refractivity contribution < 1.29 is 19.8 Å². The maximum absolute atomic E-state index is 13.6. The number of H-pyrrole nitrogens is 1. The van der Waals surface area contributed by atoms with Crippen LogP contribution in [0.2, 0.25) is 0 Å². The van der Waals surface area contributed by atoms with Crippen LogP contribution in [-0.2, 0) is 10.3 Å². The zero-order valence-electron chi connectivity index (χ0n) is 17.0. The maximum Gasteiger partial charge on any atom is 0.358 e. The van der Waals surface area contributed by atoms with Gasteiger partial charge in [-0.05, 0) is 22.6 Å². The Morgan fingerprint density at radius 3 is 2.12 bits per heavy atom. The molecule has 2 heterocycles.